The van der Waals surface area contributed by atoms with Gasteiger partial charge in [-0.15, -0.1) is 0 Å². The summed E-state index contributed by atoms with van der Waals surface area (Å²) in [5, 5.41) is 13.8. The zero-order valence-corrected chi connectivity index (χ0v) is 10.6. The molecule has 4 heteroatoms. The average Bonchev–Trinajstić information content (AvgIpc) is 2.91. The van der Waals surface area contributed by atoms with Gasteiger partial charge in [-0.05, 0) is 18.6 Å². The Balaban J connectivity index is 1.87. The van der Waals surface area contributed by atoms with Crippen molar-refractivity contribution in [2.24, 2.45) is 5.92 Å². The third-order valence-electron chi connectivity index (χ3n) is 3.98. The van der Waals surface area contributed by atoms with Crippen LogP contribution in [-0.2, 0) is 11.2 Å². The van der Waals surface area contributed by atoms with Crippen LogP contribution >= 0.6 is 0 Å². The summed E-state index contributed by atoms with van der Waals surface area (Å²) in [6.45, 7) is 1.55. The van der Waals surface area contributed by atoms with Gasteiger partial charge in [0.15, 0.2) is 0 Å². The second kappa shape index (κ2) is 4.78. The fraction of sp³-hybridized carbons (Fsp3) is 0.571. The SMILES string of the molecule is COc1cccc2c1CC(O)C(C1CCOC1)N2. The number of ether oxygens (including phenoxy) is 2. The van der Waals surface area contributed by atoms with Gasteiger partial charge in [-0.1, -0.05) is 6.07 Å². The van der Waals surface area contributed by atoms with E-state index in [2.05, 4.69) is 5.32 Å². The Hall–Kier alpha value is -1.26. The number of hydrogen-bond donors (Lipinski definition) is 2. The summed E-state index contributed by atoms with van der Waals surface area (Å²) < 4.78 is 10.8. The molecule has 0 radical (unpaired) electrons. The van der Waals surface area contributed by atoms with E-state index < -0.39 is 0 Å². The molecule has 2 heterocycles. The van der Waals surface area contributed by atoms with Crippen molar-refractivity contribution in [1.82, 2.24) is 0 Å². The van der Waals surface area contributed by atoms with Gasteiger partial charge in [-0.25, -0.2) is 0 Å². The summed E-state index contributed by atoms with van der Waals surface area (Å²) >= 11 is 0. The van der Waals surface area contributed by atoms with Crippen LogP contribution in [0.5, 0.6) is 5.75 Å². The van der Waals surface area contributed by atoms with Gasteiger partial charge in [0.25, 0.3) is 0 Å². The highest BCUT2D eigenvalue weighted by Crippen LogP contribution is 2.35. The summed E-state index contributed by atoms with van der Waals surface area (Å²) in [4.78, 5) is 0. The summed E-state index contributed by atoms with van der Waals surface area (Å²) in [6.07, 6.45) is 1.29. The molecule has 1 aromatic rings. The predicted molar refractivity (Wildman–Crippen MR) is 69.0 cm³/mol. The van der Waals surface area contributed by atoms with Crippen LogP contribution in [-0.4, -0.2) is 37.6 Å². The number of aliphatic hydroxyl groups excluding tert-OH is 1. The molecule has 3 rings (SSSR count). The van der Waals surface area contributed by atoms with Crippen molar-refractivity contribution >= 4 is 5.69 Å². The zero-order valence-electron chi connectivity index (χ0n) is 10.6. The summed E-state index contributed by atoms with van der Waals surface area (Å²) in [7, 11) is 1.67. The van der Waals surface area contributed by atoms with E-state index in [9.17, 15) is 5.11 Å². The molecule has 1 aromatic carbocycles. The normalized spacial score (nSPS) is 30.7. The second-order valence-electron chi connectivity index (χ2n) is 5.05. The Labute approximate surface area is 107 Å². The first-order chi connectivity index (χ1) is 8.79. The number of anilines is 1. The molecule has 1 saturated heterocycles. The molecule has 2 N–H and O–H groups in total. The average molecular weight is 249 g/mol. The van der Waals surface area contributed by atoms with Crippen LogP contribution in [0, 0.1) is 5.92 Å². The second-order valence-corrected chi connectivity index (χ2v) is 5.05. The fourth-order valence-corrected chi connectivity index (χ4v) is 2.98. The Bertz CT molecular complexity index is 429. The molecule has 98 valence electrons. The van der Waals surface area contributed by atoms with Gasteiger partial charge >= 0.3 is 0 Å². The largest absolute Gasteiger partial charge is 0.496 e. The summed E-state index contributed by atoms with van der Waals surface area (Å²) in [5.41, 5.74) is 2.15. The zero-order chi connectivity index (χ0) is 12.5. The molecule has 4 nitrogen and oxygen atoms in total. The number of aliphatic hydroxyl groups is 1. The lowest BCUT2D eigenvalue weighted by molar-refractivity contribution is 0.110. The van der Waals surface area contributed by atoms with Crippen molar-refractivity contribution in [2.45, 2.75) is 25.0 Å². The lowest BCUT2D eigenvalue weighted by Gasteiger charge is -2.35. The quantitative estimate of drug-likeness (QED) is 0.832. The van der Waals surface area contributed by atoms with Gasteiger partial charge in [0.2, 0.25) is 0 Å². The molecular formula is C14H19NO3. The minimum atomic E-state index is -0.375. The van der Waals surface area contributed by atoms with Crippen LogP contribution in [0.4, 0.5) is 5.69 Å². The molecule has 0 spiro atoms. The highest BCUT2D eigenvalue weighted by molar-refractivity contribution is 5.60. The molecular weight excluding hydrogens is 230 g/mol. The highest BCUT2D eigenvalue weighted by Gasteiger charge is 2.35. The van der Waals surface area contributed by atoms with Gasteiger partial charge in [0.05, 0.1) is 25.9 Å². The van der Waals surface area contributed by atoms with E-state index in [4.69, 9.17) is 9.47 Å². The lowest BCUT2D eigenvalue weighted by Crippen LogP contribution is -2.44. The van der Waals surface area contributed by atoms with E-state index in [1.165, 1.54) is 0 Å². The van der Waals surface area contributed by atoms with Gasteiger partial charge in [0, 0.05) is 30.2 Å². The maximum absolute atomic E-state index is 10.3. The van der Waals surface area contributed by atoms with Crippen LogP contribution < -0.4 is 10.1 Å². The third-order valence-corrected chi connectivity index (χ3v) is 3.98. The van der Waals surface area contributed by atoms with Crippen molar-refractivity contribution in [3.8, 4) is 5.75 Å². The monoisotopic (exact) mass is 249 g/mol. The lowest BCUT2D eigenvalue weighted by atomic mass is 9.86. The first kappa shape index (κ1) is 11.8. The molecule has 0 aromatic heterocycles. The van der Waals surface area contributed by atoms with E-state index in [0.717, 1.165) is 36.6 Å². The molecule has 0 saturated carbocycles. The fourth-order valence-electron chi connectivity index (χ4n) is 2.98. The van der Waals surface area contributed by atoms with Crippen LogP contribution in [0.15, 0.2) is 18.2 Å². The summed E-state index contributed by atoms with van der Waals surface area (Å²) in [5.74, 6) is 1.25. The molecule has 2 aliphatic rings. The molecule has 18 heavy (non-hydrogen) atoms. The minimum Gasteiger partial charge on any atom is -0.496 e. The molecule has 3 atom stereocenters. The smallest absolute Gasteiger partial charge is 0.124 e. The number of rotatable bonds is 2. The van der Waals surface area contributed by atoms with Crippen LogP contribution in [0.1, 0.15) is 12.0 Å². The van der Waals surface area contributed by atoms with Gasteiger partial charge in [0.1, 0.15) is 5.75 Å². The molecule has 3 unspecified atom stereocenters. The molecule has 0 aliphatic carbocycles. The van der Waals surface area contributed by atoms with Crippen molar-refractivity contribution < 1.29 is 14.6 Å². The first-order valence-corrected chi connectivity index (χ1v) is 6.48. The Morgan fingerprint density at radius 2 is 2.33 bits per heavy atom. The van der Waals surface area contributed by atoms with Crippen molar-refractivity contribution in [1.29, 1.82) is 0 Å². The predicted octanol–water partition coefficient (Wildman–Crippen LogP) is 1.43. The van der Waals surface area contributed by atoms with Crippen LogP contribution in [0.25, 0.3) is 0 Å². The highest BCUT2D eigenvalue weighted by atomic mass is 16.5. The van der Waals surface area contributed by atoms with E-state index in [1.54, 1.807) is 7.11 Å². The minimum absolute atomic E-state index is 0.0899. The van der Waals surface area contributed by atoms with E-state index in [0.29, 0.717) is 12.3 Å². The van der Waals surface area contributed by atoms with E-state index in [1.807, 2.05) is 18.2 Å². The van der Waals surface area contributed by atoms with Crippen molar-refractivity contribution in [3.63, 3.8) is 0 Å². The van der Waals surface area contributed by atoms with Gasteiger partial charge in [-0.2, -0.15) is 0 Å². The van der Waals surface area contributed by atoms with Gasteiger partial charge < -0.3 is 19.9 Å². The topological polar surface area (TPSA) is 50.7 Å². The first-order valence-electron chi connectivity index (χ1n) is 6.48. The van der Waals surface area contributed by atoms with Crippen molar-refractivity contribution in [3.05, 3.63) is 23.8 Å². The standard InChI is InChI=1S/C14H19NO3/c1-17-13-4-2-3-11-10(13)7-12(16)14(15-11)9-5-6-18-8-9/h2-4,9,12,14-16H,5-8H2,1H3. The van der Waals surface area contributed by atoms with Gasteiger partial charge in [-0.3, -0.25) is 0 Å². The Morgan fingerprint density at radius 1 is 1.44 bits per heavy atom. The molecule has 1 fully saturated rings. The van der Waals surface area contributed by atoms with E-state index >= 15 is 0 Å². The Morgan fingerprint density at radius 3 is 3.06 bits per heavy atom. The number of fused-ring (bicyclic) bond motifs is 1. The molecule has 0 amide bonds. The number of methoxy groups -OCH3 is 1. The number of hydrogen-bond acceptors (Lipinski definition) is 4. The van der Waals surface area contributed by atoms with Crippen LogP contribution in [0.2, 0.25) is 0 Å². The van der Waals surface area contributed by atoms with Crippen LogP contribution in [0.3, 0.4) is 0 Å². The maximum atomic E-state index is 10.3. The number of nitrogens with one attached hydrogen (secondary N) is 1. The molecule has 2 aliphatic heterocycles. The molecule has 0 bridgehead atoms. The maximum Gasteiger partial charge on any atom is 0.124 e. The summed E-state index contributed by atoms with van der Waals surface area (Å²) in [6, 6.07) is 6.05. The van der Waals surface area contributed by atoms with E-state index in [-0.39, 0.29) is 12.1 Å². The van der Waals surface area contributed by atoms with Crippen molar-refractivity contribution in [2.75, 3.05) is 25.6 Å². The Kier molecular flexibility index (Phi) is 3.14. The number of benzene rings is 1. The third kappa shape index (κ3) is 1.95.